The molecule has 3 heteroatoms. The van der Waals surface area contributed by atoms with Crippen LogP contribution in [0.25, 0.3) is 0 Å². The van der Waals surface area contributed by atoms with Gasteiger partial charge in [-0.15, -0.1) is 0 Å². The molecule has 0 atom stereocenters. The molecule has 0 bridgehead atoms. The molecule has 0 fully saturated rings. The highest BCUT2D eigenvalue weighted by Crippen LogP contribution is 2.35. The molecule has 0 aromatic heterocycles. The summed E-state index contributed by atoms with van der Waals surface area (Å²) >= 11 is 1.94. The van der Waals surface area contributed by atoms with Crippen LogP contribution in [0.2, 0.25) is 0 Å². The van der Waals surface area contributed by atoms with Crippen LogP contribution < -0.4 is 0 Å². The van der Waals surface area contributed by atoms with E-state index in [9.17, 15) is 4.79 Å². The summed E-state index contributed by atoms with van der Waals surface area (Å²) in [6, 6.07) is 10.5. The van der Waals surface area contributed by atoms with Gasteiger partial charge in [-0.05, 0) is 44.9 Å². The van der Waals surface area contributed by atoms with Crippen LogP contribution in [-0.2, 0) is 14.3 Å². The molecule has 1 aromatic rings. The predicted octanol–water partition coefficient (Wildman–Crippen LogP) is 4.55. The molecule has 0 heterocycles. The monoisotopic (exact) mass is 292 g/mol. The van der Waals surface area contributed by atoms with Gasteiger partial charge in [0.05, 0.1) is 6.61 Å². The van der Waals surface area contributed by atoms with Gasteiger partial charge in [-0.2, -0.15) is 11.8 Å². The molecule has 0 aliphatic carbocycles. The predicted molar refractivity (Wildman–Crippen MR) is 86.9 cm³/mol. The van der Waals surface area contributed by atoms with E-state index in [0.29, 0.717) is 12.2 Å². The number of carbonyl (C=O) groups is 1. The van der Waals surface area contributed by atoms with Gasteiger partial charge in [-0.1, -0.05) is 36.9 Å². The van der Waals surface area contributed by atoms with Crippen molar-refractivity contribution in [3.05, 3.63) is 48.0 Å². The van der Waals surface area contributed by atoms with Gasteiger partial charge in [0, 0.05) is 10.3 Å². The number of hydrogen-bond acceptors (Lipinski definition) is 3. The molecule has 0 N–H and O–H groups in total. The van der Waals surface area contributed by atoms with Crippen LogP contribution in [0.15, 0.2) is 42.5 Å². The zero-order valence-electron chi connectivity index (χ0n) is 12.6. The minimum atomic E-state index is -0.290. The zero-order chi connectivity index (χ0) is 15.0. The standard InChI is InChI=1S/C17H24O2S/c1-14(2)16(18)19-12-8-9-13-20-17(3,4)15-10-6-5-7-11-15/h5-7,10-11H,1,8-9,12-13H2,2-4H3. The van der Waals surface area contributed by atoms with E-state index in [0.717, 1.165) is 18.6 Å². The van der Waals surface area contributed by atoms with E-state index in [-0.39, 0.29) is 10.7 Å². The molecular formula is C17H24O2S. The van der Waals surface area contributed by atoms with Crippen molar-refractivity contribution >= 4 is 17.7 Å². The summed E-state index contributed by atoms with van der Waals surface area (Å²) in [5.41, 5.74) is 1.81. The van der Waals surface area contributed by atoms with Crippen LogP contribution in [0.4, 0.5) is 0 Å². The minimum absolute atomic E-state index is 0.121. The number of benzene rings is 1. The molecule has 0 aliphatic rings. The molecule has 1 aromatic carbocycles. The normalized spacial score (nSPS) is 11.2. The number of rotatable bonds is 8. The van der Waals surface area contributed by atoms with Gasteiger partial charge in [0.25, 0.3) is 0 Å². The Kier molecular flexibility index (Phi) is 6.86. The zero-order valence-corrected chi connectivity index (χ0v) is 13.5. The largest absolute Gasteiger partial charge is 0.462 e. The Morgan fingerprint density at radius 3 is 2.50 bits per heavy atom. The number of unbranched alkanes of at least 4 members (excludes halogenated alkanes) is 1. The van der Waals surface area contributed by atoms with E-state index in [1.54, 1.807) is 6.92 Å². The van der Waals surface area contributed by atoms with Gasteiger partial charge in [-0.3, -0.25) is 0 Å². The van der Waals surface area contributed by atoms with Crippen LogP contribution in [0.3, 0.4) is 0 Å². The summed E-state index contributed by atoms with van der Waals surface area (Å²) < 4.78 is 5.19. The lowest BCUT2D eigenvalue weighted by Crippen LogP contribution is -2.13. The van der Waals surface area contributed by atoms with Crippen molar-refractivity contribution in [2.45, 2.75) is 38.4 Å². The molecule has 0 amide bonds. The molecule has 0 unspecified atom stereocenters. The third-order valence-corrected chi connectivity index (χ3v) is 4.50. The first-order chi connectivity index (χ1) is 9.43. The average Bonchev–Trinajstić information content (AvgIpc) is 2.43. The SMILES string of the molecule is C=C(C)C(=O)OCCCCSC(C)(C)c1ccccc1. The van der Waals surface area contributed by atoms with E-state index in [4.69, 9.17) is 4.74 Å². The molecule has 1 rings (SSSR count). The smallest absolute Gasteiger partial charge is 0.333 e. The van der Waals surface area contributed by atoms with Crippen LogP contribution in [0, 0.1) is 0 Å². The van der Waals surface area contributed by atoms with Crippen molar-refractivity contribution in [1.82, 2.24) is 0 Å². The summed E-state index contributed by atoms with van der Waals surface area (Å²) in [6.07, 6.45) is 1.95. The average molecular weight is 292 g/mol. The van der Waals surface area contributed by atoms with Crippen LogP contribution in [0.1, 0.15) is 39.2 Å². The fourth-order valence-electron chi connectivity index (χ4n) is 1.74. The minimum Gasteiger partial charge on any atom is -0.462 e. The summed E-state index contributed by atoms with van der Waals surface area (Å²) in [5, 5.41) is 0. The second-order valence-electron chi connectivity index (χ2n) is 5.35. The van der Waals surface area contributed by atoms with Crippen molar-refractivity contribution in [3.63, 3.8) is 0 Å². The topological polar surface area (TPSA) is 26.3 Å². The summed E-state index contributed by atoms with van der Waals surface area (Å²) in [7, 11) is 0. The molecule has 0 saturated heterocycles. The highest BCUT2D eigenvalue weighted by atomic mass is 32.2. The summed E-state index contributed by atoms with van der Waals surface area (Å²) in [4.78, 5) is 11.2. The van der Waals surface area contributed by atoms with Gasteiger partial charge in [-0.25, -0.2) is 4.79 Å². The Bertz CT molecular complexity index is 438. The van der Waals surface area contributed by atoms with E-state index < -0.39 is 0 Å². The van der Waals surface area contributed by atoms with Gasteiger partial charge < -0.3 is 4.74 Å². The third-order valence-electron chi connectivity index (χ3n) is 3.05. The number of thioether (sulfide) groups is 1. The Labute approximate surface area is 126 Å². The Morgan fingerprint density at radius 2 is 1.90 bits per heavy atom. The maximum absolute atomic E-state index is 11.2. The fourth-order valence-corrected chi connectivity index (χ4v) is 2.90. The van der Waals surface area contributed by atoms with Crippen molar-refractivity contribution in [1.29, 1.82) is 0 Å². The van der Waals surface area contributed by atoms with Gasteiger partial charge in [0.2, 0.25) is 0 Å². The first kappa shape index (κ1) is 16.8. The van der Waals surface area contributed by atoms with Gasteiger partial charge >= 0.3 is 5.97 Å². The summed E-state index contributed by atoms with van der Waals surface area (Å²) in [5.74, 6) is 0.772. The van der Waals surface area contributed by atoms with Gasteiger partial charge in [0.1, 0.15) is 0 Å². The number of ether oxygens (including phenoxy) is 1. The molecule has 0 spiro atoms. The van der Waals surface area contributed by atoms with Crippen molar-refractivity contribution in [2.24, 2.45) is 0 Å². The molecule has 2 nitrogen and oxygen atoms in total. The van der Waals surface area contributed by atoms with Gasteiger partial charge in [0.15, 0.2) is 0 Å². The molecule has 0 aliphatic heterocycles. The molecule has 0 saturated carbocycles. The second kappa shape index (κ2) is 8.15. The van der Waals surface area contributed by atoms with E-state index in [2.05, 4.69) is 44.7 Å². The molecule has 0 radical (unpaired) electrons. The van der Waals surface area contributed by atoms with E-state index >= 15 is 0 Å². The quantitative estimate of drug-likeness (QED) is 0.399. The number of esters is 1. The Morgan fingerprint density at radius 1 is 1.25 bits per heavy atom. The first-order valence-corrected chi connectivity index (χ1v) is 7.94. The van der Waals surface area contributed by atoms with Crippen molar-refractivity contribution in [2.75, 3.05) is 12.4 Å². The maximum atomic E-state index is 11.2. The van der Waals surface area contributed by atoms with E-state index in [1.807, 2.05) is 17.8 Å². The first-order valence-electron chi connectivity index (χ1n) is 6.95. The lowest BCUT2D eigenvalue weighted by molar-refractivity contribution is -0.139. The highest BCUT2D eigenvalue weighted by Gasteiger charge is 2.20. The lowest BCUT2D eigenvalue weighted by atomic mass is 10.0. The number of carbonyl (C=O) groups excluding carboxylic acids is 1. The molecule has 20 heavy (non-hydrogen) atoms. The number of hydrogen-bond donors (Lipinski definition) is 0. The Hall–Kier alpha value is -1.22. The lowest BCUT2D eigenvalue weighted by Gasteiger charge is -2.24. The summed E-state index contributed by atoms with van der Waals surface area (Å²) in [6.45, 7) is 10.2. The molecular weight excluding hydrogens is 268 g/mol. The maximum Gasteiger partial charge on any atom is 0.333 e. The van der Waals surface area contributed by atoms with Crippen molar-refractivity contribution in [3.8, 4) is 0 Å². The van der Waals surface area contributed by atoms with E-state index in [1.165, 1.54) is 5.56 Å². The van der Waals surface area contributed by atoms with Crippen LogP contribution >= 0.6 is 11.8 Å². The van der Waals surface area contributed by atoms with Crippen molar-refractivity contribution < 1.29 is 9.53 Å². The van der Waals surface area contributed by atoms with Crippen LogP contribution in [-0.4, -0.2) is 18.3 Å². The second-order valence-corrected chi connectivity index (χ2v) is 7.07. The molecule has 110 valence electrons. The van der Waals surface area contributed by atoms with Crippen LogP contribution in [0.5, 0.6) is 0 Å². The fraction of sp³-hybridized carbons (Fsp3) is 0.471. The third kappa shape index (κ3) is 5.83. The Balaban J connectivity index is 2.21. The highest BCUT2D eigenvalue weighted by molar-refractivity contribution is 8.00.